The predicted molar refractivity (Wildman–Crippen MR) is 71.5 cm³/mol. The number of hydrogen-bond donors (Lipinski definition) is 1. The van der Waals surface area contributed by atoms with Gasteiger partial charge < -0.3 is 9.47 Å². The van der Waals surface area contributed by atoms with Gasteiger partial charge in [-0.05, 0) is 24.6 Å². The number of carbonyl (C=O) groups is 1. The van der Waals surface area contributed by atoms with Crippen molar-refractivity contribution in [2.24, 2.45) is 0 Å². The average Bonchev–Trinajstić information content (AvgIpc) is 2.43. The maximum Gasteiger partial charge on any atom is 0.409 e. The number of amides is 1. The molecule has 1 N–H and O–H groups in total. The van der Waals surface area contributed by atoms with Crippen LogP contribution in [0.2, 0.25) is 0 Å². The highest BCUT2D eigenvalue weighted by Gasteiger charge is 2.09. The molecule has 1 aromatic carbocycles. The molecule has 0 spiro atoms. The van der Waals surface area contributed by atoms with E-state index >= 15 is 0 Å². The third-order valence-electron chi connectivity index (χ3n) is 2.22. The van der Waals surface area contributed by atoms with Crippen LogP contribution in [0.3, 0.4) is 0 Å². The number of nitro groups is 1. The molecule has 1 amide bonds. The lowest BCUT2D eigenvalue weighted by Crippen LogP contribution is -2.34. The first-order chi connectivity index (χ1) is 9.52. The van der Waals surface area contributed by atoms with Crippen molar-refractivity contribution in [1.82, 2.24) is 5.32 Å². The molecule has 107 valence electrons. The van der Waals surface area contributed by atoms with Gasteiger partial charge in [0.25, 0.3) is 5.69 Å². The summed E-state index contributed by atoms with van der Waals surface area (Å²) in [5.74, 6) is 0. The van der Waals surface area contributed by atoms with Crippen molar-refractivity contribution < 1.29 is 19.2 Å². The SMILES string of the molecule is C=C[CH]OC(C)NC(=O)OCc1ccc([N+](=O)[O-])cc1. The maximum atomic E-state index is 11.4. The van der Waals surface area contributed by atoms with Crippen molar-refractivity contribution in [3.63, 3.8) is 0 Å². The summed E-state index contributed by atoms with van der Waals surface area (Å²) in [6, 6.07) is 5.75. The zero-order valence-corrected chi connectivity index (χ0v) is 10.9. The third kappa shape index (κ3) is 5.49. The van der Waals surface area contributed by atoms with Crippen LogP contribution in [0, 0.1) is 16.7 Å². The van der Waals surface area contributed by atoms with Crippen molar-refractivity contribution >= 4 is 11.8 Å². The Morgan fingerprint density at radius 3 is 2.70 bits per heavy atom. The Morgan fingerprint density at radius 2 is 2.15 bits per heavy atom. The topological polar surface area (TPSA) is 90.7 Å². The molecule has 0 aromatic heterocycles. The van der Waals surface area contributed by atoms with Gasteiger partial charge in [-0.2, -0.15) is 0 Å². The lowest BCUT2D eigenvalue weighted by molar-refractivity contribution is -0.384. The zero-order valence-electron chi connectivity index (χ0n) is 10.9. The number of non-ortho nitro benzene ring substituents is 1. The molecule has 0 saturated carbocycles. The molecule has 1 radical (unpaired) electrons. The van der Waals surface area contributed by atoms with Gasteiger partial charge in [0.05, 0.1) is 4.92 Å². The van der Waals surface area contributed by atoms with Gasteiger partial charge >= 0.3 is 6.09 Å². The van der Waals surface area contributed by atoms with Gasteiger partial charge in [0.15, 0.2) is 0 Å². The average molecular weight is 279 g/mol. The number of hydrogen-bond acceptors (Lipinski definition) is 5. The molecule has 0 aliphatic carbocycles. The summed E-state index contributed by atoms with van der Waals surface area (Å²) >= 11 is 0. The summed E-state index contributed by atoms with van der Waals surface area (Å²) in [4.78, 5) is 21.4. The van der Waals surface area contributed by atoms with Crippen molar-refractivity contribution in [3.8, 4) is 0 Å². The summed E-state index contributed by atoms with van der Waals surface area (Å²) in [7, 11) is 0. The van der Waals surface area contributed by atoms with Crippen LogP contribution in [0.15, 0.2) is 36.9 Å². The smallest absolute Gasteiger partial charge is 0.409 e. The van der Waals surface area contributed by atoms with Gasteiger partial charge in [-0.25, -0.2) is 4.79 Å². The Bertz CT molecular complexity index is 472. The first-order valence-corrected chi connectivity index (χ1v) is 5.79. The van der Waals surface area contributed by atoms with Crippen LogP contribution in [0.5, 0.6) is 0 Å². The number of nitro benzene ring substituents is 1. The highest BCUT2D eigenvalue weighted by atomic mass is 16.6. The van der Waals surface area contributed by atoms with Crippen molar-refractivity contribution in [2.45, 2.75) is 19.8 Å². The number of benzene rings is 1. The number of alkyl carbamates (subject to hydrolysis) is 1. The predicted octanol–water partition coefficient (Wildman–Crippen LogP) is 2.53. The summed E-state index contributed by atoms with van der Waals surface area (Å²) in [6.45, 7) is 6.43. The van der Waals surface area contributed by atoms with Crippen molar-refractivity contribution in [2.75, 3.05) is 0 Å². The van der Waals surface area contributed by atoms with Crippen LogP contribution < -0.4 is 5.32 Å². The summed E-state index contributed by atoms with van der Waals surface area (Å²) in [5.41, 5.74) is 0.636. The van der Waals surface area contributed by atoms with Crippen LogP contribution in [-0.2, 0) is 16.1 Å². The second kappa shape index (κ2) is 7.90. The van der Waals surface area contributed by atoms with Crippen molar-refractivity contribution in [3.05, 3.63) is 59.2 Å². The normalized spacial score (nSPS) is 11.4. The lowest BCUT2D eigenvalue weighted by atomic mass is 10.2. The molecule has 0 fully saturated rings. The largest absolute Gasteiger partial charge is 0.445 e. The van der Waals surface area contributed by atoms with E-state index in [0.29, 0.717) is 5.56 Å². The number of nitrogens with one attached hydrogen (secondary N) is 1. The minimum Gasteiger partial charge on any atom is -0.445 e. The second-order valence-electron chi connectivity index (χ2n) is 3.79. The van der Waals surface area contributed by atoms with Crippen LogP contribution in [0.25, 0.3) is 0 Å². The number of rotatable bonds is 7. The second-order valence-corrected chi connectivity index (χ2v) is 3.79. The van der Waals surface area contributed by atoms with Gasteiger partial charge in [-0.15, -0.1) is 6.58 Å². The molecule has 1 rings (SSSR count). The fourth-order valence-electron chi connectivity index (χ4n) is 1.28. The third-order valence-corrected chi connectivity index (χ3v) is 2.22. The monoisotopic (exact) mass is 279 g/mol. The van der Waals surface area contributed by atoms with E-state index in [2.05, 4.69) is 11.9 Å². The summed E-state index contributed by atoms with van der Waals surface area (Å²) in [6.07, 6.45) is 0.256. The number of ether oxygens (including phenoxy) is 2. The van der Waals surface area contributed by atoms with E-state index in [0.717, 1.165) is 0 Å². The lowest BCUT2D eigenvalue weighted by Gasteiger charge is -2.13. The van der Waals surface area contributed by atoms with Crippen molar-refractivity contribution in [1.29, 1.82) is 0 Å². The fraction of sp³-hybridized carbons (Fsp3) is 0.231. The van der Waals surface area contributed by atoms with E-state index in [1.54, 1.807) is 6.92 Å². The first-order valence-electron chi connectivity index (χ1n) is 5.79. The molecule has 7 nitrogen and oxygen atoms in total. The Morgan fingerprint density at radius 1 is 1.50 bits per heavy atom. The number of carbonyl (C=O) groups excluding carboxylic acids is 1. The quantitative estimate of drug-likeness (QED) is 0.470. The minimum atomic E-state index is -0.645. The molecule has 0 saturated heterocycles. The van der Waals surface area contributed by atoms with Crippen LogP contribution >= 0.6 is 0 Å². The molecule has 1 aromatic rings. The first kappa shape index (κ1) is 15.6. The van der Waals surface area contributed by atoms with Gasteiger partial charge in [-0.3, -0.25) is 15.4 Å². The summed E-state index contributed by atoms with van der Waals surface area (Å²) in [5, 5.41) is 12.9. The molecule has 0 aliphatic rings. The van der Waals surface area contributed by atoms with Crippen LogP contribution in [0.4, 0.5) is 10.5 Å². The Balaban J connectivity index is 2.37. The number of nitrogens with zero attached hydrogens (tertiary/aromatic N) is 1. The fourth-order valence-corrected chi connectivity index (χ4v) is 1.28. The van der Waals surface area contributed by atoms with Gasteiger partial charge in [-0.1, -0.05) is 6.08 Å². The van der Waals surface area contributed by atoms with E-state index in [1.165, 1.54) is 36.9 Å². The maximum absolute atomic E-state index is 11.4. The molecule has 20 heavy (non-hydrogen) atoms. The molecule has 0 aliphatic heterocycles. The molecule has 7 heteroatoms. The van der Waals surface area contributed by atoms with Gasteiger partial charge in [0, 0.05) is 12.1 Å². The Labute approximate surface area is 116 Å². The molecule has 1 atom stereocenters. The molecular formula is C13H15N2O5. The highest BCUT2D eigenvalue weighted by Crippen LogP contribution is 2.12. The van der Waals surface area contributed by atoms with E-state index in [4.69, 9.17) is 9.47 Å². The zero-order chi connectivity index (χ0) is 15.0. The van der Waals surface area contributed by atoms with E-state index in [-0.39, 0.29) is 12.3 Å². The van der Waals surface area contributed by atoms with Gasteiger partial charge in [0.1, 0.15) is 19.4 Å². The molecule has 0 heterocycles. The Kier molecular flexibility index (Phi) is 6.18. The molecule has 1 unspecified atom stereocenters. The van der Waals surface area contributed by atoms with Crippen LogP contribution in [-0.4, -0.2) is 17.2 Å². The standard InChI is InChI=1S/C13H15N2O5/c1-3-8-19-10(2)14-13(16)20-9-11-4-6-12(7-5-11)15(17)18/h3-8,10H,1,9H2,2H3,(H,14,16). The van der Waals surface area contributed by atoms with E-state index in [1.807, 2.05) is 0 Å². The van der Waals surface area contributed by atoms with E-state index < -0.39 is 17.2 Å². The minimum absolute atomic E-state index is 0.0137. The summed E-state index contributed by atoms with van der Waals surface area (Å²) < 4.78 is 9.97. The highest BCUT2D eigenvalue weighted by molar-refractivity contribution is 5.67. The van der Waals surface area contributed by atoms with E-state index in [9.17, 15) is 14.9 Å². The van der Waals surface area contributed by atoms with Gasteiger partial charge in [0.2, 0.25) is 0 Å². The molecular weight excluding hydrogens is 264 g/mol. The molecule has 0 bridgehead atoms. The van der Waals surface area contributed by atoms with Crippen LogP contribution in [0.1, 0.15) is 12.5 Å². The Hall–Kier alpha value is -2.41.